The summed E-state index contributed by atoms with van der Waals surface area (Å²) in [5.74, 6) is 0.773. The van der Waals surface area contributed by atoms with Crippen LogP contribution in [0.3, 0.4) is 0 Å². The van der Waals surface area contributed by atoms with E-state index in [0.29, 0.717) is 63.5 Å². The maximum absolute atomic E-state index is 13.1. The first-order chi connectivity index (χ1) is 13.7. The maximum Gasteiger partial charge on any atom is 0.257 e. The molecule has 0 unspecified atom stereocenters. The molecule has 2 saturated heterocycles. The van der Waals surface area contributed by atoms with Crippen LogP contribution in [0, 0.1) is 5.92 Å². The molecule has 0 bridgehead atoms. The molecule has 148 valence electrons. The lowest BCUT2D eigenvalue weighted by molar-refractivity contribution is -0.141. The SMILES string of the molecule is COc1cc2ccccc2cc1C(=O)N1CCC(C(=O)N2CCOCC2)CC1. The Morgan fingerprint density at radius 3 is 2.25 bits per heavy atom. The van der Waals surface area contributed by atoms with E-state index < -0.39 is 0 Å². The number of rotatable bonds is 3. The van der Waals surface area contributed by atoms with Gasteiger partial charge in [0.05, 0.1) is 25.9 Å². The summed E-state index contributed by atoms with van der Waals surface area (Å²) in [5, 5.41) is 2.06. The number of benzene rings is 2. The average Bonchev–Trinajstić information content (AvgIpc) is 2.78. The van der Waals surface area contributed by atoms with Crippen molar-refractivity contribution < 1.29 is 19.1 Å². The number of carbonyl (C=O) groups is 2. The molecule has 2 fully saturated rings. The molecule has 2 aliphatic heterocycles. The molecule has 0 aromatic heterocycles. The van der Waals surface area contributed by atoms with Crippen molar-refractivity contribution in [2.75, 3.05) is 46.5 Å². The van der Waals surface area contributed by atoms with E-state index in [9.17, 15) is 9.59 Å². The van der Waals surface area contributed by atoms with E-state index in [4.69, 9.17) is 9.47 Å². The van der Waals surface area contributed by atoms with Crippen molar-refractivity contribution in [1.29, 1.82) is 0 Å². The number of nitrogens with zero attached hydrogens (tertiary/aromatic N) is 2. The predicted molar refractivity (Wildman–Crippen MR) is 107 cm³/mol. The van der Waals surface area contributed by atoms with Crippen molar-refractivity contribution in [3.63, 3.8) is 0 Å². The second-order valence-electron chi connectivity index (χ2n) is 7.40. The van der Waals surface area contributed by atoms with Crippen LogP contribution in [0.15, 0.2) is 36.4 Å². The summed E-state index contributed by atoms with van der Waals surface area (Å²) in [6.07, 6.45) is 1.41. The van der Waals surface area contributed by atoms with Gasteiger partial charge in [0.15, 0.2) is 0 Å². The zero-order valence-electron chi connectivity index (χ0n) is 16.2. The highest BCUT2D eigenvalue weighted by molar-refractivity contribution is 6.01. The Bertz CT molecular complexity index is 868. The molecule has 2 aromatic carbocycles. The summed E-state index contributed by atoms with van der Waals surface area (Å²) in [4.78, 5) is 29.6. The van der Waals surface area contributed by atoms with Crippen LogP contribution in [0.25, 0.3) is 10.8 Å². The molecule has 0 atom stereocenters. The van der Waals surface area contributed by atoms with E-state index >= 15 is 0 Å². The fraction of sp³-hybridized carbons (Fsp3) is 0.455. The van der Waals surface area contributed by atoms with Crippen LogP contribution in [-0.4, -0.2) is 68.1 Å². The van der Waals surface area contributed by atoms with Crippen molar-refractivity contribution in [1.82, 2.24) is 9.80 Å². The molecule has 0 spiro atoms. The van der Waals surface area contributed by atoms with Gasteiger partial charge in [-0.1, -0.05) is 24.3 Å². The summed E-state index contributed by atoms with van der Waals surface area (Å²) in [6, 6.07) is 11.8. The van der Waals surface area contributed by atoms with Crippen LogP contribution in [0.4, 0.5) is 0 Å². The van der Waals surface area contributed by atoms with Gasteiger partial charge in [-0.05, 0) is 35.7 Å². The van der Waals surface area contributed by atoms with Crippen LogP contribution < -0.4 is 4.74 Å². The number of amides is 2. The average molecular weight is 382 g/mol. The van der Waals surface area contributed by atoms with E-state index in [1.165, 1.54) is 0 Å². The zero-order valence-corrected chi connectivity index (χ0v) is 16.2. The molecule has 2 heterocycles. The molecule has 0 saturated carbocycles. The van der Waals surface area contributed by atoms with E-state index in [1.807, 2.05) is 46.2 Å². The summed E-state index contributed by atoms with van der Waals surface area (Å²) in [6.45, 7) is 3.76. The van der Waals surface area contributed by atoms with Gasteiger partial charge in [-0.25, -0.2) is 0 Å². The number of ether oxygens (including phenoxy) is 2. The number of likely N-dealkylation sites (tertiary alicyclic amines) is 1. The highest BCUT2D eigenvalue weighted by Gasteiger charge is 2.31. The first kappa shape index (κ1) is 18.7. The summed E-state index contributed by atoms with van der Waals surface area (Å²) in [7, 11) is 1.59. The Hall–Kier alpha value is -2.60. The number of hydrogen-bond acceptors (Lipinski definition) is 4. The third kappa shape index (κ3) is 3.69. The molecule has 0 radical (unpaired) electrons. The summed E-state index contributed by atoms with van der Waals surface area (Å²) >= 11 is 0. The van der Waals surface area contributed by atoms with Crippen molar-refractivity contribution in [2.24, 2.45) is 5.92 Å². The highest BCUT2D eigenvalue weighted by atomic mass is 16.5. The Morgan fingerprint density at radius 2 is 1.61 bits per heavy atom. The third-order valence-electron chi connectivity index (χ3n) is 5.75. The van der Waals surface area contributed by atoms with Crippen molar-refractivity contribution in [3.05, 3.63) is 42.0 Å². The van der Waals surface area contributed by atoms with Gasteiger partial charge in [0.25, 0.3) is 5.91 Å². The first-order valence-corrected chi connectivity index (χ1v) is 9.90. The lowest BCUT2D eigenvalue weighted by Crippen LogP contribution is -2.47. The number of piperidine rings is 1. The minimum Gasteiger partial charge on any atom is -0.496 e. The molecule has 2 aliphatic rings. The standard InChI is InChI=1S/C22H26N2O4/c1-27-20-15-18-5-3-2-4-17(18)14-19(20)22(26)23-8-6-16(7-9-23)21(25)24-10-12-28-13-11-24/h2-5,14-16H,6-13H2,1H3. The van der Waals surface area contributed by atoms with Gasteiger partial charge in [0.2, 0.25) is 5.91 Å². The van der Waals surface area contributed by atoms with Gasteiger partial charge in [-0.15, -0.1) is 0 Å². The lowest BCUT2D eigenvalue weighted by atomic mass is 9.94. The van der Waals surface area contributed by atoms with E-state index in [2.05, 4.69) is 0 Å². The Morgan fingerprint density at radius 1 is 0.964 bits per heavy atom. The largest absolute Gasteiger partial charge is 0.496 e. The molecule has 0 N–H and O–H groups in total. The Labute approximate surface area is 165 Å². The maximum atomic E-state index is 13.1. The van der Waals surface area contributed by atoms with E-state index in [1.54, 1.807) is 7.11 Å². The molecular formula is C22H26N2O4. The zero-order chi connectivity index (χ0) is 19.5. The second kappa shape index (κ2) is 8.19. The van der Waals surface area contributed by atoms with Gasteiger partial charge in [0.1, 0.15) is 5.75 Å². The van der Waals surface area contributed by atoms with Crippen LogP contribution >= 0.6 is 0 Å². The Kier molecular flexibility index (Phi) is 5.48. The molecule has 2 amide bonds. The van der Waals surface area contributed by atoms with Crippen LogP contribution in [0.2, 0.25) is 0 Å². The molecular weight excluding hydrogens is 356 g/mol. The van der Waals surface area contributed by atoms with Gasteiger partial charge in [0, 0.05) is 32.1 Å². The molecule has 0 aliphatic carbocycles. The molecule has 4 rings (SSSR count). The number of morpholine rings is 1. The molecule has 6 nitrogen and oxygen atoms in total. The first-order valence-electron chi connectivity index (χ1n) is 9.90. The fourth-order valence-electron chi connectivity index (χ4n) is 4.10. The third-order valence-corrected chi connectivity index (χ3v) is 5.75. The Balaban J connectivity index is 1.45. The van der Waals surface area contributed by atoms with Crippen molar-refractivity contribution in [2.45, 2.75) is 12.8 Å². The van der Waals surface area contributed by atoms with Gasteiger partial charge < -0.3 is 19.3 Å². The van der Waals surface area contributed by atoms with Gasteiger partial charge >= 0.3 is 0 Å². The second-order valence-corrected chi connectivity index (χ2v) is 7.40. The lowest BCUT2D eigenvalue weighted by Gasteiger charge is -2.35. The predicted octanol–water partition coefficient (Wildman–Crippen LogP) is 2.56. The summed E-state index contributed by atoms with van der Waals surface area (Å²) in [5.41, 5.74) is 0.583. The topological polar surface area (TPSA) is 59.1 Å². The smallest absolute Gasteiger partial charge is 0.257 e. The fourth-order valence-corrected chi connectivity index (χ4v) is 4.10. The quantitative estimate of drug-likeness (QED) is 0.819. The number of methoxy groups -OCH3 is 1. The molecule has 28 heavy (non-hydrogen) atoms. The van der Waals surface area contributed by atoms with Gasteiger partial charge in [-0.2, -0.15) is 0 Å². The summed E-state index contributed by atoms with van der Waals surface area (Å²) < 4.78 is 10.8. The normalized spacial score (nSPS) is 18.3. The number of fused-ring (bicyclic) bond motifs is 1. The van der Waals surface area contributed by atoms with Crippen molar-refractivity contribution in [3.8, 4) is 5.75 Å². The van der Waals surface area contributed by atoms with E-state index in [0.717, 1.165) is 10.8 Å². The molecule has 6 heteroatoms. The van der Waals surface area contributed by atoms with Crippen LogP contribution in [0.5, 0.6) is 5.75 Å². The minimum atomic E-state index is -0.0279. The minimum absolute atomic E-state index is 0.000601. The monoisotopic (exact) mass is 382 g/mol. The van der Waals surface area contributed by atoms with Crippen molar-refractivity contribution >= 4 is 22.6 Å². The number of hydrogen-bond donors (Lipinski definition) is 0. The molecule has 2 aromatic rings. The number of carbonyl (C=O) groups excluding carboxylic acids is 2. The van der Waals surface area contributed by atoms with E-state index in [-0.39, 0.29) is 17.7 Å². The van der Waals surface area contributed by atoms with Crippen LogP contribution in [0.1, 0.15) is 23.2 Å². The highest BCUT2D eigenvalue weighted by Crippen LogP contribution is 2.29. The van der Waals surface area contributed by atoms with Gasteiger partial charge in [-0.3, -0.25) is 9.59 Å². The van der Waals surface area contributed by atoms with Crippen LogP contribution in [-0.2, 0) is 9.53 Å².